The van der Waals surface area contributed by atoms with Gasteiger partial charge >= 0.3 is 5.97 Å². The van der Waals surface area contributed by atoms with Crippen LogP contribution in [0.2, 0.25) is 0 Å². The van der Waals surface area contributed by atoms with Gasteiger partial charge in [0.05, 0.1) is 0 Å². The van der Waals surface area contributed by atoms with Crippen molar-refractivity contribution >= 4 is 11.9 Å². The molecule has 0 saturated heterocycles. The zero-order valence-corrected chi connectivity index (χ0v) is 12.4. The summed E-state index contributed by atoms with van der Waals surface area (Å²) in [4.78, 5) is 24.7. The molecule has 1 aromatic carbocycles. The maximum absolute atomic E-state index is 12.1. The smallest absolute Gasteiger partial charge is 0.315 e. The van der Waals surface area contributed by atoms with E-state index in [9.17, 15) is 9.59 Å². The van der Waals surface area contributed by atoms with Gasteiger partial charge in [0.15, 0.2) is 0 Å². The third-order valence-corrected chi connectivity index (χ3v) is 3.64. The average Bonchev–Trinajstić information content (AvgIpc) is 2.48. The summed E-state index contributed by atoms with van der Waals surface area (Å²) in [5.41, 5.74) is 1.18. The van der Waals surface area contributed by atoms with Crippen molar-refractivity contribution in [3.8, 4) is 0 Å². The molecular weight excluding hydrogens is 254 g/mol. The van der Waals surface area contributed by atoms with E-state index in [-0.39, 0.29) is 11.8 Å². The van der Waals surface area contributed by atoms with E-state index in [4.69, 9.17) is 5.11 Å². The number of carboxylic acid groups (broad SMARTS) is 1. The number of hydrogen-bond donors (Lipinski definition) is 1. The van der Waals surface area contributed by atoms with Crippen LogP contribution in [-0.2, 0) is 9.59 Å². The minimum atomic E-state index is -1.07. The van der Waals surface area contributed by atoms with Gasteiger partial charge in [-0.1, -0.05) is 37.3 Å². The van der Waals surface area contributed by atoms with E-state index in [1.165, 1.54) is 12.5 Å². The first-order valence-electron chi connectivity index (χ1n) is 7.07. The Balaban J connectivity index is 2.81. The number of hydrogen-bond acceptors (Lipinski definition) is 2. The molecule has 1 aromatic rings. The fourth-order valence-electron chi connectivity index (χ4n) is 2.22. The van der Waals surface area contributed by atoms with Gasteiger partial charge in [0, 0.05) is 19.0 Å². The normalized spacial score (nSPS) is 13.6. The first-order chi connectivity index (χ1) is 9.51. The fourth-order valence-corrected chi connectivity index (χ4v) is 2.22. The summed E-state index contributed by atoms with van der Waals surface area (Å²) in [6.45, 7) is 6.49. The second-order valence-corrected chi connectivity index (χ2v) is 4.95. The lowest BCUT2D eigenvalue weighted by atomic mass is 9.95. The third-order valence-electron chi connectivity index (χ3n) is 3.64. The molecule has 20 heavy (non-hydrogen) atoms. The van der Waals surface area contributed by atoms with E-state index in [1.807, 2.05) is 37.3 Å². The van der Waals surface area contributed by atoms with E-state index in [2.05, 4.69) is 6.92 Å². The van der Waals surface area contributed by atoms with Gasteiger partial charge in [-0.3, -0.25) is 9.59 Å². The van der Waals surface area contributed by atoms with Crippen LogP contribution >= 0.6 is 0 Å². The molecule has 0 radical (unpaired) electrons. The molecular formula is C16H23NO3. The van der Waals surface area contributed by atoms with Crippen LogP contribution in [0.25, 0.3) is 0 Å². The minimum absolute atomic E-state index is 0.237. The van der Waals surface area contributed by atoms with Gasteiger partial charge < -0.3 is 10.0 Å². The van der Waals surface area contributed by atoms with Crippen LogP contribution in [-0.4, -0.2) is 35.0 Å². The Morgan fingerprint density at radius 2 is 1.80 bits per heavy atom. The molecule has 0 spiro atoms. The largest absolute Gasteiger partial charge is 0.481 e. The second-order valence-electron chi connectivity index (χ2n) is 4.95. The topological polar surface area (TPSA) is 57.6 Å². The Hall–Kier alpha value is -1.84. The Morgan fingerprint density at radius 3 is 2.25 bits per heavy atom. The van der Waals surface area contributed by atoms with Crippen LogP contribution in [0.4, 0.5) is 0 Å². The molecule has 4 nitrogen and oxygen atoms in total. The highest BCUT2D eigenvalue weighted by atomic mass is 16.4. The minimum Gasteiger partial charge on any atom is -0.481 e. The van der Waals surface area contributed by atoms with E-state index in [0.717, 1.165) is 6.42 Å². The Kier molecular flexibility index (Phi) is 6.22. The second kappa shape index (κ2) is 7.68. The molecule has 110 valence electrons. The Labute approximate surface area is 120 Å². The highest BCUT2D eigenvalue weighted by Gasteiger charge is 2.26. The van der Waals surface area contributed by atoms with Crippen molar-refractivity contribution in [3.63, 3.8) is 0 Å². The van der Waals surface area contributed by atoms with E-state index in [1.54, 1.807) is 4.90 Å². The number of likely N-dealkylation sites (N-methyl/N-ethyl adjacent to an activating group) is 1. The summed E-state index contributed by atoms with van der Waals surface area (Å²) in [6, 6.07) is 10.0. The molecule has 0 fully saturated rings. The van der Waals surface area contributed by atoms with Crippen LogP contribution < -0.4 is 0 Å². The molecule has 4 heteroatoms. The lowest BCUT2D eigenvalue weighted by molar-refractivity contribution is -0.150. The van der Waals surface area contributed by atoms with Gasteiger partial charge in [-0.25, -0.2) is 0 Å². The summed E-state index contributed by atoms with van der Waals surface area (Å²) in [5, 5.41) is 8.96. The highest BCUT2D eigenvalue weighted by Crippen LogP contribution is 2.21. The quantitative estimate of drug-likeness (QED) is 0.780. The summed E-state index contributed by atoms with van der Waals surface area (Å²) in [7, 11) is 0. The summed E-state index contributed by atoms with van der Waals surface area (Å²) in [5.74, 6) is -2.13. The molecule has 1 N–H and O–H groups in total. The molecule has 0 heterocycles. The number of nitrogens with zero attached hydrogens (tertiary/aromatic N) is 1. The lowest BCUT2D eigenvalue weighted by Gasteiger charge is -2.27. The van der Waals surface area contributed by atoms with Gasteiger partial charge in [0.2, 0.25) is 5.91 Å². The van der Waals surface area contributed by atoms with Crippen LogP contribution in [0.5, 0.6) is 0 Å². The molecule has 0 aliphatic rings. The van der Waals surface area contributed by atoms with Crippen molar-refractivity contribution < 1.29 is 14.7 Å². The van der Waals surface area contributed by atoms with Crippen molar-refractivity contribution in [3.05, 3.63) is 35.9 Å². The predicted molar refractivity (Wildman–Crippen MR) is 78.5 cm³/mol. The highest BCUT2D eigenvalue weighted by molar-refractivity contribution is 5.96. The molecule has 2 unspecified atom stereocenters. The number of benzene rings is 1. The molecule has 0 aliphatic carbocycles. The van der Waals surface area contributed by atoms with E-state index in [0.29, 0.717) is 13.1 Å². The monoisotopic (exact) mass is 277 g/mol. The lowest BCUT2D eigenvalue weighted by Crippen LogP contribution is -2.40. The third kappa shape index (κ3) is 4.08. The molecule has 0 aliphatic heterocycles. The van der Waals surface area contributed by atoms with E-state index >= 15 is 0 Å². The predicted octanol–water partition coefficient (Wildman–Crippen LogP) is 2.75. The zero-order valence-electron chi connectivity index (χ0n) is 12.4. The van der Waals surface area contributed by atoms with Crippen molar-refractivity contribution in [1.82, 2.24) is 4.90 Å². The van der Waals surface area contributed by atoms with Gasteiger partial charge in [-0.15, -0.1) is 0 Å². The Bertz CT molecular complexity index is 444. The molecule has 0 aromatic heterocycles. The van der Waals surface area contributed by atoms with Gasteiger partial charge in [0.25, 0.3) is 0 Å². The average molecular weight is 277 g/mol. The van der Waals surface area contributed by atoms with Crippen molar-refractivity contribution in [2.45, 2.75) is 33.1 Å². The molecule has 0 bridgehead atoms. The maximum atomic E-state index is 12.1. The van der Waals surface area contributed by atoms with Gasteiger partial charge in [-0.2, -0.15) is 0 Å². The first-order valence-corrected chi connectivity index (χ1v) is 7.07. The number of carboxylic acids is 1. The number of aliphatic carboxylic acids is 1. The fraction of sp³-hybridized carbons (Fsp3) is 0.500. The molecule has 0 saturated carbocycles. The number of carbonyl (C=O) groups is 2. The van der Waals surface area contributed by atoms with Crippen LogP contribution in [0.3, 0.4) is 0 Å². The summed E-state index contributed by atoms with van der Waals surface area (Å²) >= 11 is 0. The van der Waals surface area contributed by atoms with Crippen LogP contribution in [0.1, 0.15) is 38.7 Å². The Morgan fingerprint density at radius 1 is 1.20 bits per heavy atom. The maximum Gasteiger partial charge on any atom is 0.315 e. The number of amides is 1. The summed E-state index contributed by atoms with van der Waals surface area (Å²) < 4.78 is 0. The zero-order chi connectivity index (χ0) is 15.1. The SMILES string of the molecule is CCC(CN(CC)C(=O)C(C)C(=O)O)c1ccccc1. The first kappa shape index (κ1) is 16.2. The van der Waals surface area contributed by atoms with Crippen molar-refractivity contribution in [1.29, 1.82) is 0 Å². The van der Waals surface area contributed by atoms with Crippen molar-refractivity contribution in [2.75, 3.05) is 13.1 Å². The van der Waals surface area contributed by atoms with E-state index < -0.39 is 11.9 Å². The molecule has 1 amide bonds. The van der Waals surface area contributed by atoms with Crippen LogP contribution in [0.15, 0.2) is 30.3 Å². The standard InChI is InChI=1S/C16H23NO3/c1-4-13(14-9-7-6-8-10-14)11-17(5-2)15(18)12(3)16(19)20/h6-10,12-13H,4-5,11H2,1-3H3,(H,19,20). The molecule has 2 atom stereocenters. The number of carbonyl (C=O) groups excluding carboxylic acids is 1. The molecule has 1 rings (SSSR count). The van der Waals surface area contributed by atoms with Crippen LogP contribution in [0, 0.1) is 5.92 Å². The van der Waals surface area contributed by atoms with Gasteiger partial charge in [-0.05, 0) is 25.8 Å². The van der Waals surface area contributed by atoms with Gasteiger partial charge in [0.1, 0.15) is 5.92 Å². The number of rotatable bonds is 7. The van der Waals surface area contributed by atoms with Crippen molar-refractivity contribution in [2.24, 2.45) is 5.92 Å². The summed E-state index contributed by atoms with van der Waals surface area (Å²) in [6.07, 6.45) is 0.912.